The van der Waals surface area contributed by atoms with Crippen molar-refractivity contribution in [3.8, 4) is 0 Å². The summed E-state index contributed by atoms with van der Waals surface area (Å²) < 4.78 is 14.2. The van der Waals surface area contributed by atoms with Gasteiger partial charge in [0.25, 0.3) is 0 Å². The SMILES string of the molecule is CCCCN(C)C(=O)/C=C/c1cc(Br)ccc1F. The van der Waals surface area contributed by atoms with Crippen LogP contribution in [0.4, 0.5) is 4.39 Å². The molecular weight excluding hydrogens is 297 g/mol. The Kier molecular flexibility index (Phi) is 6.05. The topological polar surface area (TPSA) is 20.3 Å². The van der Waals surface area contributed by atoms with Crippen molar-refractivity contribution in [2.75, 3.05) is 13.6 Å². The number of carbonyl (C=O) groups is 1. The first-order valence-corrected chi connectivity index (χ1v) is 6.72. The van der Waals surface area contributed by atoms with Gasteiger partial charge < -0.3 is 4.90 Å². The highest BCUT2D eigenvalue weighted by Gasteiger charge is 2.04. The minimum atomic E-state index is -0.335. The summed E-state index contributed by atoms with van der Waals surface area (Å²) in [6.45, 7) is 2.80. The number of unbranched alkanes of at least 4 members (excludes halogenated alkanes) is 1. The maximum atomic E-state index is 13.4. The average Bonchev–Trinajstić information content (AvgIpc) is 2.36. The Labute approximate surface area is 116 Å². The zero-order valence-electron chi connectivity index (χ0n) is 10.6. The van der Waals surface area contributed by atoms with E-state index in [1.54, 1.807) is 24.1 Å². The van der Waals surface area contributed by atoms with Crippen LogP contribution in [0.5, 0.6) is 0 Å². The van der Waals surface area contributed by atoms with Crippen molar-refractivity contribution < 1.29 is 9.18 Å². The molecular formula is C14H17BrFNO. The van der Waals surface area contributed by atoms with E-state index in [2.05, 4.69) is 22.9 Å². The standard InChI is InChI=1S/C14H17BrFNO/c1-3-4-9-17(2)14(18)8-5-11-10-12(15)6-7-13(11)16/h5-8,10H,3-4,9H2,1-2H3/b8-5+. The van der Waals surface area contributed by atoms with E-state index >= 15 is 0 Å². The lowest BCUT2D eigenvalue weighted by Gasteiger charge is -2.13. The van der Waals surface area contributed by atoms with Gasteiger partial charge in [0.15, 0.2) is 0 Å². The second kappa shape index (κ2) is 7.31. The zero-order chi connectivity index (χ0) is 13.5. The van der Waals surface area contributed by atoms with Crippen LogP contribution >= 0.6 is 15.9 Å². The van der Waals surface area contributed by atoms with Crippen LogP contribution < -0.4 is 0 Å². The number of nitrogens with zero attached hydrogens (tertiary/aromatic N) is 1. The Bertz CT molecular complexity index is 445. The quantitative estimate of drug-likeness (QED) is 0.756. The third-order valence-corrected chi connectivity index (χ3v) is 3.08. The molecule has 1 aromatic rings. The van der Waals surface area contributed by atoms with E-state index in [1.807, 2.05) is 0 Å². The van der Waals surface area contributed by atoms with Gasteiger partial charge >= 0.3 is 0 Å². The fraction of sp³-hybridized carbons (Fsp3) is 0.357. The van der Waals surface area contributed by atoms with Gasteiger partial charge in [0, 0.05) is 29.7 Å². The summed E-state index contributed by atoms with van der Waals surface area (Å²) in [6, 6.07) is 4.64. The molecule has 0 aliphatic heterocycles. The van der Waals surface area contributed by atoms with E-state index in [4.69, 9.17) is 0 Å². The molecule has 0 aromatic heterocycles. The molecule has 0 bridgehead atoms. The highest BCUT2D eigenvalue weighted by Crippen LogP contribution is 2.16. The summed E-state index contributed by atoms with van der Waals surface area (Å²) in [5.41, 5.74) is 0.404. The number of hydrogen-bond donors (Lipinski definition) is 0. The normalized spacial score (nSPS) is 10.9. The second-order valence-corrected chi connectivity index (χ2v) is 5.03. The molecule has 0 heterocycles. The minimum Gasteiger partial charge on any atom is -0.342 e. The summed E-state index contributed by atoms with van der Waals surface area (Å²) in [5.74, 6) is -0.443. The number of hydrogen-bond acceptors (Lipinski definition) is 1. The molecule has 0 N–H and O–H groups in total. The molecule has 1 amide bonds. The van der Waals surface area contributed by atoms with Crippen molar-refractivity contribution in [3.63, 3.8) is 0 Å². The fourth-order valence-electron chi connectivity index (χ4n) is 1.44. The summed E-state index contributed by atoms with van der Waals surface area (Å²) in [6.07, 6.45) is 4.92. The number of amides is 1. The van der Waals surface area contributed by atoms with Crippen molar-refractivity contribution in [2.24, 2.45) is 0 Å². The Morgan fingerprint density at radius 3 is 2.89 bits per heavy atom. The van der Waals surface area contributed by atoms with Crippen LogP contribution in [-0.2, 0) is 4.79 Å². The number of halogens is 2. The molecule has 0 atom stereocenters. The fourth-order valence-corrected chi connectivity index (χ4v) is 1.81. The molecule has 0 fully saturated rings. The number of carbonyl (C=O) groups excluding carboxylic acids is 1. The molecule has 0 radical (unpaired) electrons. The zero-order valence-corrected chi connectivity index (χ0v) is 12.2. The largest absolute Gasteiger partial charge is 0.342 e. The average molecular weight is 314 g/mol. The van der Waals surface area contributed by atoms with E-state index in [9.17, 15) is 9.18 Å². The van der Waals surface area contributed by atoms with Gasteiger partial charge in [-0.1, -0.05) is 29.3 Å². The first-order valence-electron chi connectivity index (χ1n) is 5.92. The highest BCUT2D eigenvalue weighted by molar-refractivity contribution is 9.10. The van der Waals surface area contributed by atoms with Crippen molar-refractivity contribution in [3.05, 3.63) is 40.1 Å². The van der Waals surface area contributed by atoms with Crippen LogP contribution in [0.15, 0.2) is 28.7 Å². The van der Waals surface area contributed by atoms with Gasteiger partial charge in [-0.2, -0.15) is 0 Å². The molecule has 0 saturated carbocycles. The second-order valence-electron chi connectivity index (χ2n) is 4.11. The lowest BCUT2D eigenvalue weighted by molar-refractivity contribution is -0.124. The summed E-state index contributed by atoms with van der Waals surface area (Å²) in [7, 11) is 1.75. The monoisotopic (exact) mass is 313 g/mol. The maximum absolute atomic E-state index is 13.4. The molecule has 2 nitrogen and oxygen atoms in total. The van der Waals surface area contributed by atoms with E-state index in [0.29, 0.717) is 5.56 Å². The molecule has 0 unspecified atom stereocenters. The maximum Gasteiger partial charge on any atom is 0.246 e. The molecule has 98 valence electrons. The van der Waals surface area contributed by atoms with Crippen molar-refractivity contribution in [1.29, 1.82) is 0 Å². The van der Waals surface area contributed by atoms with Gasteiger partial charge in [-0.15, -0.1) is 0 Å². The molecule has 1 aromatic carbocycles. The van der Waals surface area contributed by atoms with Gasteiger partial charge in [-0.3, -0.25) is 4.79 Å². The number of benzene rings is 1. The van der Waals surface area contributed by atoms with Crippen LogP contribution in [0, 0.1) is 5.82 Å². The lowest BCUT2D eigenvalue weighted by atomic mass is 10.2. The minimum absolute atomic E-state index is 0.108. The summed E-state index contributed by atoms with van der Waals surface area (Å²) >= 11 is 3.27. The van der Waals surface area contributed by atoms with Gasteiger partial charge in [-0.05, 0) is 30.7 Å². The number of likely N-dealkylation sites (N-methyl/N-ethyl adjacent to an activating group) is 1. The summed E-state index contributed by atoms with van der Waals surface area (Å²) in [4.78, 5) is 13.4. The predicted molar refractivity (Wildman–Crippen MR) is 75.7 cm³/mol. The van der Waals surface area contributed by atoms with E-state index in [0.717, 1.165) is 23.9 Å². The van der Waals surface area contributed by atoms with Crippen molar-refractivity contribution >= 4 is 27.9 Å². The Balaban J connectivity index is 2.68. The molecule has 0 spiro atoms. The Hall–Kier alpha value is -1.16. The van der Waals surface area contributed by atoms with Crippen LogP contribution in [0.1, 0.15) is 25.3 Å². The summed E-state index contributed by atoms with van der Waals surface area (Å²) in [5, 5.41) is 0. The predicted octanol–water partition coefficient (Wildman–Crippen LogP) is 3.86. The van der Waals surface area contributed by atoms with Crippen LogP contribution in [0.2, 0.25) is 0 Å². The van der Waals surface area contributed by atoms with Crippen molar-refractivity contribution in [2.45, 2.75) is 19.8 Å². The molecule has 4 heteroatoms. The van der Waals surface area contributed by atoms with Gasteiger partial charge in [0.1, 0.15) is 5.82 Å². The third-order valence-electron chi connectivity index (χ3n) is 2.59. The van der Waals surface area contributed by atoms with Crippen LogP contribution in [-0.4, -0.2) is 24.4 Å². The molecule has 0 aliphatic carbocycles. The van der Waals surface area contributed by atoms with Crippen LogP contribution in [0.25, 0.3) is 6.08 Å². The third kappa shape index (κ3) is 4.61. The van der Waals surface area contributed by atoms with E-state index in [-0.39, 0.29) is 11.7 Å². The van der Waals surface area contributed by atoms with E-state index < -0.39 is 0 Å². The molecule has 0 aliphatic rings. The molecule has 18 heavy (non-hydrogen) atoms. The van der Waals surface area contributed by atoms with Gasteiger partial charge in [-0.25, -0.2) is 4.39 Å². The number of rotatable bonds is 5. The Morgan fingerprint density at radius 1 is 1.50 bits per heavy atom. The van der Waals surface area contributed by atoms with E-state index in [1.165, 1.54) is 18.2 Å². The van der Waals surface area contributed by atoms with Crippen molar-refractivity contribution in [1.82, 2.24) is 4.90 Å². The lowest BCUT2D eigenvalue weighted by Crippen LogP contribution is -2.25. The van der Waals surface area contributed by atoms with Crippen LogP contribution in [0.3, 0.4) is 0 Å². The Morgan fingerprint density at radius 2 is 2.22 bits per heavy atom. The van der Waals surface area contributed by atoms with Gasteiger partial charge in [0.05, 0.1) is 0 Å². The molecule has 1 rings (SSSR count). The highest BCUT2D eigenvalue weighted by atomic mass is 79.9. The first kappa shape index (κ1) is 14.9. The molecule has 0 saturated heterocycles. The smallest absolute Gasteiger partial charge is 0.246 e. The first-order chi connectivity index (χ1) is 8.54. The van der Waals surface area contributed by atoms with Gasteiger partial charge in [0.2, 0.25) is 5.91 Å².